The molecule has 0 saturated carbocycles. The van der Waals surface area contributed by atoms with Gasteiger partial charge in [-0.3, -0.25) is 14.4 Å². The van der Waals surface area contributed by atoms with Gasteiger partial charge in [0, 0.05) is 0 Å². The number of rotatable bonds is 22. The molecule has 0 fully saturated rings. The summed E-state index contributed by atoms with van der Waals surface area (Å²) in [6.07, 6.45) is 14.5. The number of hydrogen-bond donors (Lipinski definition) is 3. The molecular formula is C23H44NO6+. The average Bonchev–Trinajstić information content (AvgIpc) is 2.69. The number of aliphatic carboxylic acids is 3. The summed E-state index contributed by atoms with van der Waals surface area (Å²) in [5, 5.41) is 27.2. The van der Waals surface area contributed by atoms with Gasteiger partial charge in [-0.25, -0.2) is 0 Å². The minimum Gasteiger partial charge on any atom is -0.481 e. The van der Waals surface area contributed by atoms with Crippen LogP contribution in [0.4, 0.5) is 0 Å². The number of carboxylic acids is 3. The van der Waals surface area contributed by atoms with Crippen molar-refractivity contribution in [1.82, 2.24) is 0 Å². The monoisotopic (exact) mass is 430 g/mol. The van der Waals surface area contributed by atoms with E-state index >= 15 is 0 Å². The van der Waals surface area contributed by atoms with Gasteiger partial charge in [0.15, 0.2) is 0 Å². The summed E-state index contributed by atoms with van der Waals surface area (Å²) in [6, 6.07) is 0. The number of unbranched alkanes of at least 4 members (excludes halogenated alkanes) is 11. The molecule has 0 atom stereocenters. The molecule has 0 aliphatic rings. The van der Waals surface area contributed by atoms with Gasteiger partial charge >= 0.3 is 17.9 Å². The molecule has 7 nitrogen and oxygen atoms in total. The van der Waals surface area contributed by atoms with Crippen LogP contribution in [0.3, 0.4) is 0 Å². The molecule has 7 heteroatoms. The summed E-state index contributed by atoms with van der Waals surface area (Å²) >= 11 is 0. The molecule has 3 N–H and O–H groups in total. The van der Waals surface area contributed by atoms with E-state index in [0.717, 1.165) is 19.3 Å². The van der Waals surface area contributed by atoms with Gasteiger partial charge in [0.1, 0.15) is 0 Å². The summed E-state index contributed by atoms with van der Waals surface area (Å²) in [7, 11) is 0. The van der Waals surface area contributed by atoms with Gasteiger partial charge in [0.25, 0.3) is 0 Å². The average molecular weight is 431 g/mol. The Labute approximate surface area is 182 Å². The van der Waals surface area contributed by atoms with Crippen LogP contribution in [-0.4, -0.2) is 63.9 Å². The molecule has 0 radical (unpaired) electrons. The lowest BCUT2D eigenvalue weighted by atomic mass is 10.0. The van der Waals surface area contributed by atoms with Gasteiger partial charge in [-0.2, -0.15) is 0 Å². The molecule has 0 bridgehead atoms. The predicted molar refractivity (Wildman–Crippen MR) is 118 cm³/mol. The van der Waals surface area contributed by atoms with Crippen LogP contribution in [0, 0.1) is 0 Å². The first-order chi connectivity index (χ1) is 14.3. The molecule has 0 aliphatic carbocycles. The number of hydrogen-bond acceptors (Lipinski definition) is 3. The maximum absolute atomic E-state index is 11.1. The highest BCUT2D eigenvalue weighted by Gasteiger charge is 2.29. The zero-order valence-corrected chi connectivity index (χ0v) is 18.9. The van der Waals surface area contributed by atoms with Crippen LogP contribution in [0.15, 0.2) is 0 Å². The molecule has 0 saturated heterocycles. The summed E-state index contributed by atoms with van der Waals surface area (Å²) in [5.41, 5.74) is 0. The molecule has 0 spiro atoms. The summed E-state index contributed by atoms with van der Waals surface area (Å²) in [5.74, 6) is -2.80. The predicted octanol–water partition coefficient (Wildman–Crippen LogP) is 4.93. The van der Waals surface area contributed by atoms with E-state index < -0.39 is 17.9 Å². The molecule has 30 heavy (non-hydrogen) atoms. The van der Waals surface area contributed by atoms with Crippen LogP contribution in [0.1, 0.15) is 103 Å². The number of nitrogens with zero attached hydrogens (tertiary/aromatic N) is 1. The number of carboxylic acid groups (broad SMARTS) is 3. The van der Waals surface area contributed by atoms with Crippen molar-refractivity contribution in [1.29, 1.82) is 0 Å². The van der Waals surface area contributed by atoms with Crippen molar-refractivity contribution in [2.75, 3.05) is 26.2 Å². The van der Waals surface area contributed by atoms with Crippen LogP contribution in [0.25, 0.3) is 0 Å². The van der Waals surface area contributed by atoms with E-state index in [0.29, 0.717) is 6.54 Å². The van der Waals surface area contributed by atoms with Crippen molar-refractivity contribution >= 4 is 17.9 Å². The Morgan fingerprint density at radius 2 is 0.800 bits per heavy atom. The Balaban J connectivity index is 4.29. The van der Waals surface area contributed by atoms with Crippen LogP contribution in [0.5, 0.6) is 0 Å². The fourth-order valence-corrected chi connectivity index (χ4v) is 3.96. The van der Waals surface area contributed by atoms with Crippen molar-refractivity contribution in [3.05, 3.63) is 0 Å². The van der Waals surface area contributed by atoms with E-state index in [1.54, 1.807) is 0 Å². The standard InChI is InChI=1S/C23H43NO6/c1-2-3-4-5-6-7-8-9-10-11-12-13-17-24(18-14-21(25)26,19-15-22(27)28)20-16-23(29)30/h2-20H2,1H3,(H2-,25,26,27,28,29,30)/p+1. The van der Waals surface area contributed by atoms with Gasteiger partial charge in [-0.15, -0.1) is 0 Å². The highest BCUT2D eigenvalue weighted by Crippen LogP contribution is 2.17. The SMILES string of the molecule is CCCCCCCCCCCCCC[N+](CCC(=O)O)(CCC(=O)O)CCC(=O)O. The van der Waals surface area contributed by atoms with Gasteiger partial charge in [0.2, 0.25) is 0 Å². The molecular weight excluding hydrogens is 386 g/mol. The number of carbonyl (C=O) groups is 3. The second-order valence-corrected chi connectivity index (χ2v) is 8.56. The Morgan fingerprint density at radius 3 is 1.10 bits per heavy atom. The summed E-state index contributed by atoms with van der Waals surface area (Å²) in [4.78, 5) is 33.2. The zero-order valence-electron chi connectivity index (χ0n) is 18.9. The quantitative estimate of drug-likeness (QED) is 0.166. The maximum atomic E-state index is 11.1. The minimum absolute atomic E-state index is 0.0719. The van der Waals surface area contributed by atoms with Gasteiger partial charge < -0.3 is 19.8 Å². The van der Waals surface area contributed by atoms with E-state index in [9.17, 15) is 14.4 Å². The lowest BCUT2D eigenvalue weighted by molar-refractivity contribution is -0.927. The van der Waals surface area contributed by atoms with Crippen molar-refractivity contribution in [2.24, 2.45) is 0 Å². The molecule has 0 aromatic heterocycles. The Hall–Kier alpha value is -1.63. The smallest absolute Gasteiger partial charge is 0.309 e. The molecule has 0 aliphatic heterocycles. The van der Waals surface area contributed by atoms with Gasteiger partial charge in [-0.05, 0) is 12.8 Å². The Bertz CT molecular complexity index is 435. The van der Waals surface area contributed by atoms with Gasteiger partial charge in [-0.1, -0.05) is 71.1 Å². The Kier molecular flexibility index (Phi) is 17.2. The summed E-state index contributed by atoms with van der Waals surface area (Å²) < 4.78 is 0.267. The third kappa shape index (κ3) is 17.2. The normalized spacial score (nSPS) is 11.5. The van der Waals surface area contributed by atoms with Crippen LogP contribution in [0.2, 0.25) is 0 Å². The molecule has 0 aromatic carbocycles. The molecule has 0 amide bonds. The van der Waals surface area contributed by atoms with E-state index in [-0.39, 0.29) is 43.4 Å². The van der Waals surface area contributed by atoms with Crippen LogP contribution in [-0.2, 0) is 14.4 Å². The van der Waals surface area contributed by atoms with E-state index in [2.05, 4.69) is 6.92 Å². The van der Waals surface area contributed by atoms with E-state index in [1.807, 2.05) is 0 Å². The van der Waals surface area contributed by atoms with Gasteiger partial charge in [0.05, 0.1) is 45.4 Å². The highest BCUT2D eigenvalue weighted by molar-refractivity contribution is 5.67. The molecule has 0 heterocycles. The topological polar surface area (TPSA) is 112 Å². The van der Waals surface area contributed by atoms with Crippen molar-refractivity contribution in [2.45, 2.75) is 103 Å². The first-order valence-electron chi connectivity index (χ1n) is 11.8. The molecule has 0 rings (SSSR count). The fourth-order valence-electron chi connectivity index (χ4n) is 3.96. The van der Waals surface area contributed by atoms with Crippen molar-refractivity contribution < 1.29 is 34.2 Å². The molecule has 0 unspecified atom stereocenters. The molecule has 176 valence electrons. The molecule has 0 aromatic rings. The lowest BCUT2D eigenvalue weighted by Gasteiger charge is -2.38. The highest BCUT2D eigenvalue weighted by atomic mass is 16.4. The Morgan fingerprint density at radius 1 is 0.500 bits per heavy atom. The van der Waals surface area contributed by atoms with E-state index in [4.69, 9.17) is 15.3 Å². The first-order valence-corrected chi connectivity index (χ1v) is 11.8. The lowest BCUT2D eigenvalue weighted by Crippen LogP contribution is -2.52. The fraction of sp³-hybridized carbons (Fsp3) is 0.870. The van der Waals surface area contributed by atoms with Crippen molar-refractivity contribution in [3.63, 3.8) is 0 Å². The zero-order chi connectivity index (χ0) is 22.7. The maximum Gasteiger partial charge on any atom is 0.309 e. The third-order valence-corrected chi connectivity index (χ3v) is 5.89. The van der Waals surface area contributed by atoms with E-state index in [1.165, 1.54) is 57.8 Å². The van der Waals surface area contributed by atoms with Crippen LogP contribution < -0.4 is 0 Å². The second-order valence-electron chi connectivity index (χ2n) is 8.56. The first kappa shape index (κ1) is 28.4. The summed E-state index contributed by atoms with van der Waals surface area (Å²) in [6.45, 7) is 3.73. The minimum atomic E-state index is -0.933. The third-order valence-electron chi connectivity index (χ3n) is 5.89. The van der Waals surface area contributed by atoms with Crippen LogP contribution >= 0.6 is 0 Å². The number of quaternary nitrogens is 1. The van der Waals surface area contributed by atoms with Crippen molar-refractivity contribution in [3.8, 4) is 0 Å². The largest absolute Gasteiger partial charge is 0.481 e. The second kappa shape index (κ2) is 18.2.